The largest absolute Gasteiger partial charge is 0.312 e. The van der Waals surface area contributed by atoms with E-state index in [0.29, 0.717) is 18.5 Å². The van der Waals surface area contributed by atoms with Crippen LogP contribution in [0.3, 0.4) is 0 Å². The van der Waals surface area contributed by atoms with Gasteiger partial charge in [0.05, 0.1) is 5.69 Å². The molecule has 0 bridgehead atoms. The first-order valence-corrected chi connectivity index (χ1v) is 11.1. The summed E-state index contributed by atoms with van der Waals surface area (Å²) < 4.78 is 0. The summed E-state index contributed by atoms with van der Waals surface area (Å²) in [5.74, 6) is -0.892. The van der Waals surface area contributed by atoms with Gasteiger partial charge in [-0.05, 0) is 60.2 Å². The molecule has 32 heavy (non-hydrogen) atoms. The Morgan fingerprint density at radius 1 is 1.03 bits per heavy atom. The van der Waals surface area contributed by atoms with Gasteiger partial charge in [-0.3, -0.25) is 24.6 Å². The molecule has 0 aromatic heterocycles. The fourth-order valence-corrected chi connectivity index (χ4v) is 4.69. The zero-order valence-electron chi connectivity index (χ0n) is 17.4. The number of halogens is 1. The van der Waals surface area contributed by atoms with Gasteiger partial charge in [-0.1, -0.05) is 41.9 Å². The number of piperidine rings is 1. The number of nitrogens with one attached hydrogen (secondary N) is 2. The number of anilines is 1. The molecule has 2 aliphatic rings. The maximum Gasteiger partial charge on any atom is 0.259 e. The molecule has 1 unspecified atom stereocenters. The monoisotopic (exact) mass is 447 g/mol. The molecule has 0 saturated carbocycles. The third kappa shape index (κ3) is 3.66. The summed E-state index contributed by atoms with van der Waals surface area (Å²) in [6.07, 6.45) is 1.45. The fourth-order valence-electron chi connectivity index (χ4n) is 4.56. The van der Waals surface area contributed by atoms with Gasteiger partial charge in [0, 0.05) is 28.9 Å². The molecule has 2 heterocycles. The molecule has 1 saturated heterocycles. The third-order valence-corrected chi connectivity index (χ3v) is 6.41. The van der Waals surface area contributed by atoms with Crippen LogP contribution >= 0.6 is 11.6 Å². The molecule has 3 aromatic carbocycles. The predicted molar refractivity (Wildman–Crippen MR) is 124 cm³/mol. The van der Waals surface area contributed by atoms with Crippen LogP contribution in [-0.2, 0) is 22.6 Å². The highest BCUT2D eigenvalue weighted by Crippen LogP contribution is 2.40. The van der Waals surface area contributed by atoms with Crippen molar-refractivity contribution in [3.63, 3.8) is 0 Å². The SMILES string of the molecule is O=C1CCC(N2C(=O)c3ccc(CNCCc4ccc(Cl)cc4)c4cccc2c34)C(=O)N1. The van der Waals surface area contributed by atoms with Crippen LogP contribution in [0.25, 0.3) is 10.8 Å². The second kappa shape index (κ2) is 8.37. The molecule has 7 heteroatoms. The summed E-state index contributed by atoms with van der Waals surface area (Å²) in [5, 5.41) is 8.45. The minimum absolute atomic E-state index is 0.187. The zero-order valence-corrected chi connectivity index (χ0v) is 18.1. The van der Waals surface area contributed by atoms with Crippen LogP contribution < -0.4 is 15.5 Å². The molecule has 6 nitrogen and oxygen atoms in total. The first kappa shape index (κ1) is 20.7. The van der Waals surface area contributed by atoms with Crippen molar-refractivity contribution in [2.75, 3.05) is 11.4 Å². The van der Waals surface area contributed by atoms with Crippen LogP contribution in [0.15, 0.2) is 54.6 Å². The second-order valence-electron chi connectivity index (χ2n) is 8.17. The molecule has 0 radical (unpaired) electrons. The van der Waals surface area contributed by atoms with Crippen molar-refractivity contribution in [2.24, 2.45) is 0 Å². The summed E-state index contributed by atoms with van der Waals surface area (Å²) in [5.41, 5.74) is 3.65. The van der Waals surface area contributed by atoms with Crippen LogP contribution in [0.1, 0.15) is 34.3 Å². The van der Waals surface area contributed by atoms with E-state index in [9.17, 15) is 14.4 Å². The molecular formula is C25H22ClN3O3. The number of amides is 3. The van der Waals surface area contributed by atoms with Crippen molar-refractivity contribution in [3.8, 4) is 0 Å². The lowest BCUT2D eigenvalue weighted by atomic mass is 10.00. The summed E-state index contributed by atoms with van der Waals surface area (Å²) in [6, 6.07) is 16.8. The Morgan fingerprint density at radius 3 is 2.62 bits per heavy atom. The van der Waals surface area contributed by atoms with Gasteiger partial charge in [0.15, 0.2) is 0 Å². The number of imide groups is 1. The molecule has 0 spiro atoms. The molecule has 0 aliphatic carbocycles. The van der Waals surface area contributed by atoms with Gasteiger partial charge >= 0.3 is 0 Å². The average molecular weight is 448 g/mol. The summed E-state index contributed by atoms with van der Waals surface area (Å²) >= 11 is 5.94. The number of nitrogens with zero attached hydrogens (tertiary/aromatic N) is 1. The van der Waals surface area contributed by atoms with E-state index in [-0.39, 0.29) is 18.2 Å². The molecular weight excluding hydrogens is 426 g/mol. The van der Waals surface area contributed by atoms with E-state index < -0.39 is 11.9 Å². The lowest BCUT2D eigenvalue weighted by Crippen LogP contribution is -2.53. The Kier molecular flexibility index (Phi) is 5.41. The van der Waals surface area contributed by atoms with Crippen molar-refractivity contribution in [1.82, 2.24) is 10.6 Å². The van der Waals surface area contributed by atoms with Crippen molar-refractivity contribution in [2.45, 2.75) is 31.8 Å². The highest BCUT2D eigenvalue weighted by atomic mass is 35.5. The summed E-state index contributed by atoms with van der Waals surface area (Å²) in [7, 11) is 0. The Bertz CT molecular complexity index is 1240. The number of rotatable bonds is 6. The first-order chi connectivity index (χ1) is 15.5. The van der Waals surface area contributed by atoms with Gasteiger partial charge in [-0.25, -0.2) is 0 Å². The number of hydrogen-bond acceptors (Lipinski definition) is 4. The maximum atomic E-state index is 13.2. The van der Waals surface area contributed by atoms with E-state index in [1.54, 1.807) is 4.90 Å². The lowest BCUT2D eigenvalue weighted by molar-refractivity contribution is -0.134. The van der Waals surface area contributed by atoms with Crippen LogP contribution in [0.4, 0.5) is 5.69 Å². The third-order valence-electron chi connectivity index (χ3n) is 6.16. The number of carbonyl (C=O) groups excluding carboxylic acids is 3. The van der Waals surface area contributed by atoms with E-state index in [2.05, 4.69) is 10.6 Å². The Labute approximate surface area is 190 Å². The van der Waals surface area contributed by atoms with Crippen molar-refractivity contribution < 1.29 is 14.4 Å². The molecule has 1 fully saturated rings. The van der Waals surface area contributed by atoms with Gasteiger partial charge in [-0.2, -0.15) is 0 Å². The zero-order chi connectivity index (χ0) is 22.2. The quantitative estimate of drug-likeness (QED) is 0.447. The van der Waals surface area contributed by atoms with E-state index in [1.165, 1.54) is 5.56 Å². The van der Waals surface area contributed by atoms with Gasteiger partial charge in [0.25, 0.3) is 5.91 Å². The molecule has 2 N–H and O–H groups in total. The molecule has 1 atom stereocenters. The van der Waals surface area contributed by atoms with E-state index in [4.69, 9.17) is 11.6 Å². The van der Waals surface area contributed by atoms with Gasteiger partial charge in [0.2, 0.25) is 11.8 Å². The van der Waals surface area contributed by atoms with E-state index in [0.717, 1.165) is 40.0 Å². The Morgan fingerprint density at radius 2 is 1.84 bits per heavy atom. The van der Waals surface area contributed by atoms with E-state index in [1.807, 2.05) is 54.6 Å². The molecule has 3 amide bonds. The molecule has 3 aromatic rings. The van der Waals surface area contributed by atoms with Gasteiger partial charge in [0.1, 0.15) is 6.04 Å². The molecule has 5 rings (SSSR count). The van der Waals surface area contributed by atoms with E-state index >= 15 is 0 Å². The molecule has 162 valence electrons. The topological polar surface area (TPSA) is 78.5 Å². The highest BCUT2D eigenvalue weighted by molar-refractivity contribution is 6.30. The van der Waals surface area contributed by atoms with Crippen molar-refractivity contribution in [1.29, 1.82) is 0 Å². The average Bonchev–Trinajstić information content (AvgIpc) is 3.07. The number of carbonyl (C=O) groups is 3. The minimum Gasteiger partial charge on any atom is -0.312 e. The summed E-state index contributed by atoms with van der Waals surface area (Å²) in [6.45, 7) is 1.48. The van der Waals surface area contributed by atoms with Crippen LogP contribution in [0.2, 0.25) is 5.02 Å². The Hall–Kier alpha value is -3.22. The standard InChI is InChI=1S/C25H22ClN3O3/c26-17-7-4-15(5-8-17)12-13-27-14-16-6-9-19-23-18(16)2-1-3-20(23)29(25(19)32)21-10-11-22(30)28-24(21)31/h1-9,21,27H,10-14H2,(H,28,30,31). The lowest BCUT2D eigenvalue weighted by Gasteiger charge is -2.30. The smallest absolute Gasteiger partial charge is 0.259 e. The predicted octanol–water partition coefficient (Wildman–Crippen LogP) is 3.59. The van der Waals surface area contributed by atoms with Crippen LogP contribution in [0, 0.1) is 0 Å². The first-order valence-electron chi connectivity index (χ1n) is 10.7. The van der Waals surface area contributed by atoms with Gasteiger partial charge < -0.3 is 5.32 Å². The normalized spacial score (nSPS) is 17.8. The fraction of sp³-hybridized carbons (Fsp3) is 0.240. The maximum absolute atomic E-state index is 13.2. The Balaban J connectivity index is 1.37. The highest BCUT2D eigenvalue weighted by Gasteiger charge is 2.40. The second-order valence-corrected chi connectivity index (χ2v) is 8.60. The molecule has 2 aliphatic heterocycles. The number of hydrogen-bond donors (Lipinski definition) is 2. The van der Waals surface area contributed by atoms with Crippen LogP contribution in [0.5, 0.6) is 0 Å². The minimum atomic E-state index is -0.667. The van der Waals surface area contributed by atoms with Crippen molar-refractivity contribution in [3.05, 3.63) is 76.3 Å². The summed E-state index contributed by atoms with van der Waals surface area (Å²) in [4.78, 5) is 38.7. The van der Waals surface area contributed by atoms with Gasteiger partial charge in [-0.15, -0.1) is 0 Å². The van der Waals surface area contributed by atoms with Crippen LogP contribution in [-0.4, -0.2) is 30.3 Å². The van der Waals surface area contributed by atoms with Crippen molar-refractivity contribution >= 4 is 45.8 Å². The number of benzene rings is 3.